The highest BCUT2D eigenvalue weighted by Gasteiger charge is 2.59. The van der Waals surface area contributed by atoms with Gasteiger partial charge in [0.05, 0.1) is 12.2 Å². The van der Waals surface area contributed by atoms with E-state index in [0.29, 0.717) is 17.8 Å². The minimum absolute atomic E-state index is 0.115. The summed E-state index contributed by atoms with van der Waals surface area (Å²) in [4.78, 5) is 0. The first-order valence-electron chi connectivity index (χ1n) is 9.50. The lowest BCUT2D eigenvalue weighted by Gasteiger charge is -2.58. The van der Waals surface area contributed by atoms with Crippen LogP contribution in [0.4, 0.5) is 0 Å². The largest absolute Gasteiger partial charge is 0.393 e. The molecule has 0 aromatic carbocycles. The maximum atomic E-state index is 10.5. The molecule has 0 bridgehead atoms. The zero-order valence-electron chi connectivity index (χ0n) is 14.3. The van der Waals surface area contributed by atoms with Crippen molar-refractivity contribution in [2.75, 3.05) is 0 Å². The highest BCUT2D eigenvalue weighted by atomic mass is 16.3. The van der Waals surface area contributed by atoms with Gasteiger partial charge in [0.25, 0.3) is 0 Å². The van der Waals surface area contributed by atoms with Crippen LogP contribution in [-0.4, -0.2) is 22.4 Å². The molecule has 23 heavy (non-hydrogen) atoms. The van der Waals surface area contributed by atoms with Gasteiger partial charge in [-0.1, -0.05) is 18.6 Å². The summed E-state index contributed by atoms with van der Waals surface area (Å²) < 4.78 is 0. The van der Waals surface area contributed by atoms with E-state index in [1.54, 1.807) is 0 Å². The van der Waals surface area contributed by atoms with Gasteiger partial charge < -0.3 is 10.2 Å². The van der Waals surface area contributed by atoms with Crippen LogP contribution >= 0.6 is 0 Å². The van der Waals surface area contributed by atoms with Crippen LogP contribution in [0.2, 0.25) is 0 Å². The lowest BCUT2D eigenvalue weighted by Crippen LogP contribution is -2.52. The number of allylic oxidation sites excluding steroid dienone is 1. The summed E-state index contributed by atoms with van der Waals surface area (Å²) in [5.74, 6) is 4.97. The first kappa shape index (κ1) is 15.7. The summed E-state index contributed by atoms with van der Waals surface area (Å²) in [6.07, 6.45) is 17.2. The van der Waals surface area contributed by atoms with E-state index >= 15 is 0 Å². The second-order valence-corrected chi connectivity index (χ2v) is 8.91. The summed E-state index contributed by atoms with van der Waals surface area (Å²) in [5.41, 5.74) is 1.72. The highest BCUT2D eigenvalue weighted by Crippen LogP contribution is 2.65. The van der Waals surface area contributed by atoms with Gasteiger partial charge in [0.2, 0.25) is 0 Å². The molecule has 4 aliphatic rings. The van der Waals surface area contributed by atoms with Crippen molar-refractivity contribution in [3.8, 4) is 12.3 Å². The Morgan fingerprint density at radius 1 is 1.17 bits per heavy atom. The molecule has 0 saturated heterocycles. The molecule has 0 spiro atoms. The van der Waals surface area contributed by atoms with Crippen LogP contribution in [0.1, 0.15) is 64.7 Å². The number of rotatable bonds is 1. The fraction of sp³-hybridized carbons (Fsp3) is 0.810. The molecule has 4 aliphatic carbocycles. The van der Waals surface area contributed by atoms with E-state index in [4.69, 9.17) is 6.42 Å². The van der Waals surface area contributed by atoms with E-state index in [0.717, 1.165) is 44.9 Å². The molecule has 3 saturated carbocycles. The van der Waals surface area contributed by atoms with Gasteiger partial charge >= 0.3 is 0 Å². The van der Waals surface area contributed by atoms with Crippen LogP contribution in [-0.2, 0) is 0 Å². The second kappa shape index (κ2) is 5.36. The lowest BCUT2D eigenvalue weighted by molar-refractivity contribution is -0.0746. The van der Waals surface area contributed by atoms with Crippen molar-refractivity contribution in [2.24, 2.45) is 28.6 Å². The Labute approximate surface area is 140 Å². The second-order valence-electron chi connectivity index (χ2n) is 8.91. The van der Waals surface area contributed by atoms with Crippen LogP contribution < -0.4 is 0 Å². The predicted molar refractivity (Wildman–Crippen MR) is 91.5 cm³/mol. The molecule has 126 valence electrons. The molecule has 3 fully saturated rings. The molecular weight excluding hydrogens is 284 g/mol. The Morgan fingerprint density at radius 3 is 2.78 bits per heavy atom. The third kappa shape index (κ3) is 2.09. The summed E-state index contributed by atoms with van der Waals surface area (Å²) in [5, 5.41) is 20.7. The van der Waals surface area contributed by atoms with Gasteiger partial charge in [-0.05, 0) is 74.5 Å². The molecule has 0 amide bonds. The standard InChI is InChI=1S/C21H30O2/c1-3-10-21-12-8-15(22)13-14(21)4-5-16-17-6-7-19(23)20(17,2)11-9-18(16)21/h1,4,15-19,22-23H,5-13H2,2H3/t15-,16-,17-,18-,19-,20-,21-/m0/s1. The van der Waals surface area contributed by atoms with Crippen LogP contribution in [0.5, 0.6) is 0 Å². The number of fused-ring (bicyclic) bond motifs is 5. The molecule has 0 aromatic heterocycles. The normalized spacial score (nSPS) is 51.9. The Balaban J connectivity index is 1.72. The maximum absolute atomic E-state index is 10.5. The predicted octanol–water partition coefficient (Wildman–Crippen LogP) is 3.67. The van der Waals surface area contributed by atoms with E-state index in [1.165, 1.54) is 18.4 Å². The van der Waals surface area contributed by atoms with Crippen molar-refractivity contribution in [3.05, 3.63) is 11.6 Å². The number of aliphatic hydroxyl groups is 2. The Kier molecular flexibility index (Phi) is 3.67. The Hall–Kier alpha value is -0.780. The molecule has 0 aromatic rings. The van der Waals surface area contributed by atoms with Crippen molar-refractivity contribution in [2.45, 2.75) is 76.9 Å². The number of terminal acetylenes is 1. The third-order valence-electron chi connectivity index (χ3n) is 8.17. The zero-order chi connectivity index (χ0) is 16.2. The summed E-state index contributed by atoms with van der Waals surface area (Å²) in [6, 6.07) is 0. The molecule has 0 radical (unpaired) electrons. The monoisotopic (exact) mass is 314 g/mol. The van der Waals surface area contributed by atoms with Crippen molar-refractivity contribution in [3.63, 3.8) is 0 Å². The fourth-order valence-corrected chi connectivity index (χ4v) is 6.92. The smallest absolute Gasteiger partial charge is 0.0596 e. The van der Waals surface area contributed by atoms with Crippen molar-refractivity contribution < 1.29 is 10.2 Å². The van der Waals surface area contributed by atoms with Crippen molar-refractivity contribution >= 4 is 0 Å². The van der Waals surface area contributed by atoms with Gasteiger partial charge in [-0.3, -0.25) is 0 Å². The molecule has 7 atom stereocenters. The van der Waals surface area contributed by atoms with Gasteiger partial charge in [-0.2, -0.15) is 0 Å². The SMILES string of the molecule is C#CC[C@]12CC[C@H](O)CC1=CC[C@@H]1[C@@H]2CC[C@]2(C)[C@@H](O)CC[C@@H]12. The molecule has 0 unspecified atom stereocenters. The first-order valence-corrected chi connectivity index (χ1v) is 9.50. The number of hydrogen-bond donors (Lipinski definition) is 2. The van der Waals surface area contributed by atoms with Gasteiger partial charge in [0.15, 0.2) is 0 Å². The molecular formula is C21H30O2. The van der Waals surface area contributed by atoms with Gasteiger partial charge in [0.1, 0.15) is 0 Å². The van der Waals surface area contributed by atoms with Crippen LogP contribution in [0.3, 0.4) is 0 Å². The van der Waals surface area contributed by atoms with Crippen LogP contribution in [0.15, 0.2) is 11.6 Å². The zero-order valence-corrected chi connectivity index (χ0v) is 14.3. The number of hydrogen-bond acceptors (Lipinski definition) is 2. The topological polar surface area (TPSA) is 40.5 Å². The van der Waals surface area contributed by atoms with E-state index in [9.17, 15) is 10.2 Å². The minimum atomic E-state index is -0.175. The highest BCUT2D eigenvalue weighted by molar-refractivity contribution is 5.28. The van der Waals surface area contributed by atoms with E-state index < -0.39 is 0 Å². The van der Waals surface area contributed by atoms with E-state index in [-0.39, 0.29) is 23.0 Å². The molecule has 0 aliphatic heterocycles. The van der Waals surface area contributed by atoms with Crippen LogP contribution in [0, 0.1) is 40.9 Å². The van der Waals surface area contributed by atoms with Crippen molar-refractivity contribution in [1.82, 2.24) is 0 Å². The number of aliphatic hydroxyl groups excluding tert-OH is 2. The van der Waals surface area contributed by atoms with E-state index in [1.807, 2.05) is 0 Å². The minimum Gasteiger partial charge on any atom is -0.393 e. The van der Waals surface area contributed by atoms with E-state index in [2.05, 4.69) is 18.9 Å². The molecule has 2 heteroatoms. The van der Waals surface area contributed by atoms with Gasteiger partial charge in [0, 0.05) is 11.8 Å². The Morgan fingerprint density at radius 2 is 2.00 bits per heavy atom. The van der Waals surface area contributed by atoms with Gasteiger partial charge in [-0.25, -0.2) is 0 Å². The molecule has 4 rings (SSSR count). The fourth-order valence-electron chi connectivity index (χ4n) is 6.92. The van der Waals surface area contributed by atoms with Gasteiger partial charge in [-0.15, -0.1) is 12.3 Å². The average Bonchev–Trinajstić information content (AvgIpc) is 2.84. The Bertz CT molecular complexity index is 559. The quantitative estimate of drug-likeness (QED) is 0.572. The molecule has 2 N–H and O–H groups in total. The maximum Gasteiger partial charge on any atom is 0.0596 e. The summed E-state index contributed by atoms with van der Waals surface area (Å²) in [6.45, 7) is 2.32. The summed E-state index contributed by atoms with van der Waals surface area (Å²) in [7, 11) is 0. The van der Waals surface area contributed by atoms with Crippen LogP contribution in [0.25, 0.3) is 0 Å². The first-order chi connectivity index (χ1) is 11.0. The van der Waals surface area contributed by atoms with Crippen molar-refractivity contribution in [1.29, 1.82) is 0 Å². The summed E-state index contributed by atoms with van der Waals surface area (Å²) >= 11 is 0. The molecule has 2 nitrogen and oxygen atoms in total. The average molecular weight is 314 g/mol. The lowest BCUT2D eigenvalue weighted by atomic mass is 9.46. The third-order valence-corrected chi connectivity index (χ3v) is 8.17. The molecule has 0 heterocycles.